The fourth-order valence-electron chi connectivity index (χ4n) is 2.26. The summed E-state index contributed by atoms with van der Waals surface area (Å²) in [4.78, 5) is 11.5. The highest BCUT2D eigenvalue weighted by Gasteiger charge is 2.20. The summed E-state index contributed by atoms with van der Waals surface area (Å²) in [6.45, 7) is 5.19. The second-order valence-electron chi connectivity index (χ2n) is 4.60. The molecular formula is C15H14N4O2. The van der Waals surface area contributed by atoms with Gasteiger partial charge in [-0.15, -0.1) is 0 Å². The van der Waals surface area contributed by atoms with Crippen molar-refractivity contribution in [3.05, 3.63) is 48.8 Å². The Hall–Kier alpha value is -2.89. The number of aryl methyl sites for hydroxylation is 2. The molecule has 0 bridgehead atoms. The molecule has 6 nitrogen and oxygen atoms in total. The van der Waals surface area contributed by atoms with Crippen LogP contribution in [-0.2, 0) is 11.8 Å². The highest BCUT2D eigenvalue weighted by molar-refractivity contribution is 5.85. The number of carbonyl (C=O) groups excluding carboxylic acids is 1. The zero-order valence-corrected chi connectivity index (χ0v) is 11.8. The SMILES string of the molecule is C=CC(=O)Oc1c(C)nn(C)c1-n1ncc2ccccc21. The van der Waals surface area contributed by atoms with Gasteiger partial charge in [0.05, 0.1) is 11.7 Å². The van der Waals surface area contributed by atoms with Crippen LogP contribution in [0.25, 0.3) is 16.7 Å². The zero-order valence-electron chi connectivity index (χ0n) is 11.8. The molecule has 3 aromatic rings. The molecule has 0 saturated carbocycles. The molecule has 6 heteroatoms. The van der Waals surface area contributed by atoms with Crippen LogP contribution in [0.1, 0.15) is 5.69 Å². The molecule has 0 unspecified atom stereocenters. The van der Waals surface area contributed by atoms with E-state index in [1.54, 1.807) is 29.5 Å². The second kappa shape index (κ2) is 4.90. The first-order valence-corrected chi connectivity index (χ1v) is 6.43. The maximum atomic E-state index is 11.5. The Morgan fingerprint density at radius 3 is 2.90 bits per heavy atom. The van der Waals surface area contributed by atoms with E-state index in [1.807, 2.05) is 24.3 Å². The summed E-state index contributed by atoms with van der Waals surface area (Å²) in [7, 11) is 1.78. The summed E-state index contributed by atoms with van der Waals surface area (Å²) in [5.74, 6) is 0.462. The molecule has 0 radical (unpaired) electrons. The number of aromatic nitrogens is 4. The van der Waals surface area contributed by atoms with E-state index in [0.29, 0.717) is 17.3 Å². The van der Waals surface area contributed by atoms with Crippen molar-refractivity contribution in [3.8, 4) is 11.6 Å². The number of para-hydroxylation sites is 1. The Bertz CT molecular complexity index is 845. The number of nitrogens with zero attached hydrogens (tertiary/aromatic N) is 4. The van der Waals surface area contributed by atoms with Crippen LogP contribution in [0.2, 0.25) is 0 Å². The van der Waals surface area contributed by atoms with Gasteiger partial charge in [-0.2, -0.15) is 10.2 Å². The molecule has 0 amide bonds. The molecule has 2 aromatic heterocycles. The topological polar surface area (TPSA) is 61.9 Å². The molecule has 0 aliphatic carbocycles. The Labute approximate surface area is 121 Å². The van der Waals surface area contributed by atoms with Crippen LogP contribution in [0.15, 0.2) is 43.1 Å². The van der Waals surface area contributed by atoms with E-state index in [1.165, 1.54) is 0 Å². The maximum absolute atomic E-state index is 11.5. The van der Waals surface area contributed by atoms with Gasteiger partial charge in [0.1, 0.15) is 5.69 Å². The number of ether oxygens (including phenoxy) is 1. The molecule has 0 N–H and O–H groups in total. The maximum Gasteiger partial charge on any atom is 0.335 e. The Morgan fingerprint density at radius 2 is 2.14 bits per heavy atom. The third-order valence-electron chi connectivity index (χ3n) is 3.19. The normalized spacial score (nSPS) is 10.8. The summed E-state index contributed by atoms with van der Waals surface area (Å²) in [6.07, 6.45) is 2.88. The molecule has 0 aliphatic heterocycles. The second-order valence-corrected chi connectivity index (χ2v) is 4.60. The van der Waals surface area contributed by atoms with Gasteiger partial charge in [0.2, 0.25) is 0 Å². The van der Waals surface area contributed by atoms with Gasteiger partial charge in [0, 0.05) is 18.5 Å². The molecular weight excluding hydrogens is 268 g/mol. The number of benzene rings is 1. The lowest BCUT2D eigenvalue weighted by molar-refractivity contribution is -0.129. The first-order valence-electron chi connectivity index (χ1n) is 6.43. The number of hydrogen-bond donors (Lipinski definition) is 0. The number of esters is 1. The molecule has 21 heavy (non-hydrogen) atoms. The number of carbonyl (C=O) groups is 1. The predicted octanol–water partition coefficient (Wildman–Crippen LogP) is 2.16. The van der Waals surface area contributed by atoms with Crippen LogP contribution in [0, 0.1) is 6.92 Å². The van der Waals surface area contributed by atoms with Gasteiger partial charge in [-0.3, -0.25) is 0 Å². The largest absolute Gasteiger partial charge is 0.417 e. The monoisotopic (exact) mass is 282 g/mol. The van der Waals surface area contributed by atoms with Gasteiger partial charge in [-0.05, 0) is 13.0 Å². The van der Waals surface area contributed by atoms with Gasteiger partial charge in [0.15, 0.2) is 11.6 Å². The fraction of sp³-hybridized carbons (Fsp3) is 0.133. The Balaban J connectivity index is 2.22. The van der Waals surface area contributed by atoms with Crippen LogP contribution in [0.5, 0.6) is 5.75 Å². The molecule has 0 atom stereocenters. The van der Waals surface area contributed by atoms with Crippen molar-refractivity contribution in [2.75, 3.05) is 0 Å². The van der Waals surface area contributed by atoms with Crippen LogP contribution in [0.4, 0.5) is 0 Å². The van der Waals surface area contributed by atoms with Crippen molar-refractivity contribution in [3.63, 3.8) is 0 Å². The molecule has 106 valence electrons. The molecule has 1 aromatic carbocycles. The Morgan fingerprint density at radius 1 is 1.38 bits per heavy atom. The van der Waals surface area contributed by atoms with E-state index in [9.17, 15) is 4.79 Å². The molecule has 0 fully saturated rings. The first kappa shape index (κ1) is 13.1. The van der Waals surface area contributed by atoms with Gasteiger partial charge in [0.25, 0.3) is 0 Å². The standard InChI is InChI=1S/C15H14N4O2/c1-4-13(20)21-14-10(2)17-18(3)15(14)19-12-8-6-5-7-11(12)9-16-19/h4-9H,1H2,2-3H3. The lowest BCUT2D eigenvalue weighted by Gasteiger charge is -2.07. The van der Waals surface area contributed by atoms with Crippen LogP contribution < -0.4 is 4.74 Å². The van der Waals surface area contributed by atoms with E-state index >= 15 is 0 Å². The molecule has 2 heterocycles. The summed E-state index contributed by atoms with van der Waals surface area (Å²) in [5.41, 5.74) is 1.53. The van der Waals surface area contributed by atoms with Crippen LogP contribution in [-0.4, -0.2) is 25.5 Å². The number of rotatable bonds is 3. The fourth-order valence-corrected chi connectivity index (χ4v) is 2.26. The van der Waals surface area contributed by atoms with E-state index in [4.69, 9.17) is 4.74 Å². The highest BCUT2D eigenvalue weighted by atomic mass is 16.5. The zero-order chi connectivity index (χ0) is 15.0. The highest BCUT2D eigenvalue weighted by Crippen LogP contribution is 2.29. The van der Waals surface area contributed by atoms with Crippen molar-refractivity contribution in [1.82, 2.24) is 19.6 Å². The third kappa shape index (κ3) is 2.10. The molecule has 3 rings (SSSR count). The van der Waals surface area contributed by atoms with E-state index in [-0.39, 0.29) is 0 Å². The number of fused-ring (bicyclic) bond motifs is 1. The quantitative estimate of drug-likeness (QED) is 0.545. The van der Waals surface area contributed by atoms with Crippen molar-refractivity contribution in [1.29, 1.82) is 0 Å². The van der Waals surface area contributed by atoms with E-state index < -0.39 is 5.97 Å². The summed E-state index contributed by atoms with van der Waals surface area (Å²) < 4.78 is 8.67. The smallest absolute Gasteiger partial charge is 0.335 e. The summed E-state index contributed by atoms with van der Waals surface area (Å²) in [5, 5.41) is 9.68. The van der Waals surface area contributed by atoms with Crippen molar-refractivity contribution in [2.24, 2.45) is 7.05 Å². The Kier molecular flexibility index (Phi) is 3.06. The minimum absolute atomic E-state index is 0.385. The first-order chi connectivity index (χ1) is 10.1. The van der Waals surface area contributed by atoms with Gasteiger partial charge in [-0.25, -0.2) is 14.2 Å². The predicted molar refractivity (Wildman–Crippen MR) is 78.4 cm³/mol. The third-order valence-corrected chi connectivity index (χ3v) is 3.19. The molecule has 0 aliphatic rings. The van der Waals surface area contributed by atoms with Crippen LogP contribution in [0.3, 0.4) is 0 Å². The van der Waals surface area contributed by atoms with Crippen molar-refractivity contribution in [2.45, 2.75) is 6.92 Å². The van der Waals surface area contributed by atoms with Gasteiger partial charge >= 0.3 is 5.97 Å². The summed E-state index contributed by atoms with van der Waals surface area (Å²) in [6, 6.07) is 7.79. The lowest BCUT2D eigenvalue weighted by atomic mass is 10.2. The number of hydrogen-bond acceptors (Lipinski definition) is 4. The van der Waals surface area contributed by atoms with Crippen LogP contribution >= 0.6 is 0 Å². The minimum Gasteiger partial charge on any atom is -0.417 e. The van der Waals surface area contributed by atoms with Crippen molar-refractivity contribution >= 4 is 16.9 Å². The van der Waals surface area contributed by atoms with Crippen molar-refractivity contribution < 1.29 is 9.53 Å². The van der Waals surface area contributed by atoms with Gasteiger partial charge in [-0.1, -0.05) is 24.8 Å². The average molecular weight is 282 g/mol. The lowest BCUT2D eigenvalue weighted by Crippen LogP contribution is -2.09. The average Bonchev–Trinajstić information content (AvgIpc) is 3.00. The molecule has 0 spiro atoms. The summed E-state index contributed by atoms with van der Waals surface area (Å²) >= 11 is 0. The van der Waals surface area contributed by atoms with E-state index in [2.05, 4.69) is 16.8 Å². The van der Waals surface area contributed by atoms with Gasteiger partial charge < -0.3 is 4.74 Å². The molecule has 0 saturated heterocycles. The minimum atomic E-state index is -0.524. The van der Waals surface area contributed by atoms with E-state index in [0.717, 1.165) is 17.0 Å².